The van der Waals surface area contributed by atoms with E-state index in [1.54, 1.807) is 7.11 Å². The van der Waals surface area contributed by atoms with E-state index in [4.69, 9.17) is 16.3 Å². The highest BCUT2D eigenvalue weighted by atomic mass is 35.5. The van der Waals surface area contributed by atoms with Gasteiger partial charge in [-0.05, 0) is 67.6 Å². The van der Waals surface area contributed by atoms with Crippen molar-refractivity contribution in [1.29, 1.82) is 0 Å². The zero-order valence-corrected chi connectivity index (χ0v) is 19.9. The van der Waals surface area contributed by atoms with Gasteiger partial charge < -0.3 is 20.1 Å². The first-order valence-corrected chi connectivity index (χ1v) is 12.3. The van der Waals surface area contributed by atoms with Gasteiger partial charge in [0.05, 0.1) is 13.8 Å². The lowest BCUT2D eigenvalue weighted by molar-refractivity contribution is -0.127. The maximum atomic E-state index is 13.1. The van der Waals surface area contributed by atoms with Crippen LogP contribution in [0.2, 0.25) is 5.02 Å². The highest BCUT2D eigenvalue weighted by Crippen LogP contribution is 2.44. The van der Waals surface area contributed by atoms with Gasteiger partial charge in [0.15, 0.2) is 0 Å². The van der Waals surface area contributed by atoms with Gasteiger partial charge in [0.25, 0.3) is 0 Å². The van der Waals surface area contributed by atoms with E-state index < -0.39 is 11.1 Å². The molecule has 3 aliphatic rings. The molecule has 5 rings (SSSR count). The summed E-state index contributed by atoms with van der Waals surface area (Å²) in [5, 5.41) is 15.6. The Hall–Kier alpha value is -2.28. The summed E-state index contributed by atoms with van der Waals surface area (Å²) in [7, 11) is 1.66. The Kier molecular flexibility index (Phi) is 6.02. The number of aliphatic hydroxyl groups is 1. The molecule has 33 heavy (non-hydrogen) atoms. The molecule has 7 heteroatoms. The van der Waals surface area contributed by atoms with E-state index in [9.17, 15) is 9.90 Å². The Morgan fingerprint density at radius 1 is 1.03 bits per heavy atom. The number of halogens is 1. The summed E-state index contributed by atoms with van der Waals surface area (Å²) in [6, 6.07) is 15.6. The molecule has 1 saturated carbocycles. The van der Waals surface area contributed by atoms with Crippen LogP contribution >= 0.6 is 11.6 Å². The zero-order chi connectivity index (χ0) is 23.1. The van der Waals surface area contributed by atoms with Crippen LogP contribution in [0.3, 0.4) is 0 Å². The summed E-state index contributed by atoms with van der Waals surface area (Å²) in [6.45, 7) is 2.07. The molecule has 2 aromatic rings. The second kappa shape index (κ2) is 8.82. The zero-order valence-electron chi connectivity index (χ0n) is 19.1. The molecule has 3 fully saturated rings. The van der Waals surface area contributed by atoms with Crippen molar-refractivity contribution in [2.24, 2.45) is 0 Å². The first-order chi connectivity index (χ1) is 16.0. The second-order valence-electron chi connectivity index (χ2n) is 9.55. The van der Waals surface area contributed by atoms with Gasteiger partial charge in [-0.15, -0.1) is 0 Å². The molecule has 176 valence electrons. The number of likely N-dealkylation sites (tertiary alicyclic amines) is 1. The number of carbonyl (C=O) groups excluding carboxylic acids is 1. The maximum Gasteiger partial charge on any atom is 0.247 e. The third-order valence-corrected chi connectivity index (χ3v) is 8.22. The highest BCUT2D eigenvalue weighted by molar-refractivity contribution is 6.30. The van der Waals surface area contributed by atoms with Gasteiger partial charge >= 0.3 is 0 Å². The van der Waals surface area contributed by atoms with E-state index in [0.717, 1.165) is 68.6 Å². The van der Waals surface area contributed by atoms with Crippen LogP contribution in [-0.2, 0) is 10.4 Å². The number of carbonyl (C=O) groups is 1. The maximum absolute atomic E-state index is 13.1. The number of hydrogen-bond donors (Lipinski definition) is 2. The Balaban J connectivity index is 1.36. The summed E-state index contributed by atoms with van der Waals surface area (Å²) in [5.74, 6) is 0.912. The Morgan fingerprint density at radius 3 is 2.39 bits per heavy atom. The van der Waals surface area contributed by atoms with Crippen LogP contribution in [0.15, 0.2) is 48.5 Å². The minimum atomic E-state index is -0.888. The molecule has 0 radical (unpaired) electrons. The van der Waals surface area contributed by atoms with Gasteiger partial charge in [0.2, 0.25) is 5.91 Å². The Bertz CT molecular complexity index is 989. The van der Waals surface area contributed by atoms with E-state index in [2.05, 4.69) is 15.1 Å². The number of hydrogen-bond acceptors (Lipinski definition) is 5. The molecule has 2 N–H and O–H groups in total. The van der Waals surface area contributed by atoms with Crippen molar-refractivity contribution in [2.45, 2.75) is 55.7 Å². The lowest BCUT2D eigenvalue weighted by atomic mass is 9.73. The molecule has 1 aliphatic carbocycles. The van der Waals surface area contributed by atoms with Crippen LogP contribution < -0.4 is 15.0 Å². The minimum Gasteiger partial charge on any atom is -0.497 e. The van der Waals surface area contributed by atoms with Crippen molar-refractivity contribution >= 4 is 23.2 Å². The number of anilines is 1. The number of methoxy groups -OCH3 is 1. The van der Waals surface area contributed by atoms with Gasteiger partial charge in [-0.25, -0.2) is 0 Å². The molecule has 0 unspecified atom stereocenters. The van der Waals surface area contributed by atoms with Crippen molar-refractivity contribution in [3.63, 3.8) is 0 Å². The first-order valence-electron chi connectivity index (χ1n) is 11.9. The number of benzene rings is 2. The molecule has 6 nitrogen and oxygen atoms in total. The number of amides is 1. The van der Waals surface area contributed by atoms with Crippen LogP contribution in [0.25, 0.3) is 0 Å². The van der Waals surface area contributed by atoms with E-state index in [0.29, 0.717) is 11.7 Å². The molecule has 2 aliphatic heterocycles. The van der Waals surface area contributed by atoms with Gasteiger partial charge in [0.1, 0.15) is 16.9 Å². The fourth-order valence-corrected chi connectivity index (χ4v) is 6.22. The fourth-order valence-electron chi connectivity index (χ4n) is 6.09. The predicted octanol–water partition coefficient (Wildman–Crippen LogP) is 3.91. The van der Waals surface area contributed by atoms with Crippen LogP contribution in [0, 0.1) is 0 Å². The molecular formula is C26H32ClN3O3. The average molecular weight is 470 g/mol. The Labute approximate surface area is 200 Å². The lowest BCUT2D eigenvalue weighted by Gasteiger charge is -2.51. The molecule has 0 aromatic heterocycles. The fraction of sp³-hybridized carbons (Fsp3) is 0.500. The molecule has 0 bridgehead atoms. The van der Waals surface area contributed by atoms with Crippen molar-refractivity contribution in [3.8, 4) is 5.75 Å². The summed E-state index contributed by atoms with van der Waals surface area (Å²) >= 11 is 6.10. The number of rotatable bonds is 4. The lowest BCUT2D eigenvalue weighted by Crippen LogP contribution is -2.61. The number of ether oxygens (including phenoxy) is 1. The molecule has 2 aromatic carbocycles. The Morgan fingerprint density at radius 2 is 1.73 bits per heavy atom. The number of nitrogens with one attached hydrogen (secondary N) is 1. The van der Waals surface area contributed by atoms with Gasteiger partial charge in [0, 0.05) is 29.8 Å². The van der Waals surface area contributed by atoms with Crippen molar-refractivity contribution in [3.05, 3.63) is 59.1 Å². The van der Waals surface area contributed by atoms with Gasteiger partial charge in [-0.3, -0.25) is 9.69 Å². The van der Waals surface area contributed by atoms with E-state index in [1.807, 2.05) is 48.5 Å². The van der Waals surface area contributed by atoms with E-state index in [1.165, 1.54) is 0 Å². The molecule has 2 saturated heterocycles. The van der Waals surface area contributed by atoms with E-state index in [-0.39, 0.29) is 11.9 Å². The quantitative estimate of drug-likeness (QED) is 0.710. The average Bonchev–Trinajstić information content (AvgIpc) is 3.16. The van der Waals surface area contributed by atoms with Crippen molar-refractivity contribution in [2.75, 3.05) is 31.8 Å². The topological polar surface area (TPSA) is 65.0 Å². The normalized spacial score (nSPS) is 27.5. The molecule has 2 heterocycles. The summed E-state index contributed by atoms with van der Waals surface area (Å²) < 4.78 is 5.29. The van der Waals surface area contributed by atoms with Crippen LogP contribution in [-0.4, -0.2) is 54.4 Å². The van der Waals surface area contributed by atoms with Crippen LogP contribution in [0.4, 0.5) is 5.69 Å². The van der Waals surface area contributed by atoms with Crippen LogP contribution in [0.5, 0.6) is 5.75 Å². The van der Waals surface area contributed by atoms with Gasteiger partial charge in [-0.2, -0.15) is 0 Å². The third-order valence-electron chi connectivity index (χ3n) is 7.97. The van der Waals surface area contributed by atoms with Crippen molar-refractivity contribution in [1.82, 2.24) is 10.2 Å². The van der Waals surface area contributed by atoms with Crippen molar-refractivity contribution < 1.29 is 14.6 Å². The summed E-state index contributed by atoms with van der Waals surface area (Å²) in [5.41, 5.74) is 0.535. The third kappa shape index (κ3) is 3.88. The van der Waals surface area contributed by atoms with Gasteiger partial charge in [-0.1, -0.05) is 36.6 Å². The highest BCUT2D eigenvalue weighted by Gasteiger charge is 2.53. The predicted molar refractivity (Wildman–Crippen MR) is 130 cm³/mol. The summed E-state index contributed by atoms with van der Waals surface area (Å²) in [4.78, 5) is 17.7. The monoisotopic (exact) mass is 469 g/mol. The molecular weight excluding hydrogens is 438 g/mol. The summed E-state index contributed by atoms with van der Waals surface area (Å²) in [6.07, 6.45) is 5.30. The standard InChI is InChI=1S/C26H32ClN3O3/c1-33-22-11-9-21(10-12-22)30-18-28-24(31)25(30)14-16-29(17-15-25)23-4-2-3-13-26(23,32)19-5-7-20(27)8-6-19/h5-12,23,32H,2-4,13-18H2,1H3,(H,28,31)/t23-,26+/m1/s1. The first kappa shape index (κ1) is 22.5. The van der Waals surface area contributed by atoms with Crippen LogP contribution in [0.1, 0.15) is 44.1 Å². The SMILES string of the molecule is COc1ccc(N2CNC(=O)C23CCN([C@@H]2CCCC[C@]2(O)c2ccc(Cl)cc2)CC3)cc1. The molecule has 2 atom stereocenters. The van der Waals surface area contributed by atoms with E-state index >= 15 is 0 Å². The minimum absolute atomic E-state index is 0.0451. The molecule has 1 spiro atoms. The second-order valence-corrected chi connectivity index (χ2v) is 9.99. The smallest absolute Gasteiger partial charge is 0.247 e. The molecule has 1 amide bonds. The number of piperidine rings is 1. The largest absolute Gasteiger partial charge is 0.497 e. The number of nitrogens with zero attached hydrogens (tertiary/aromatic N) is 2.